The number of fused-ring (bicyclic) bond motifs is 1. The topological polar surface area (TPSA) is 44.5 Å². The van der Waals surface area contributed by atoms with Gasteiger partial charge in [0.25, 0.3) is 0 Å². The molecule has 1 heterocycles. The van der Waals surface area contributed by atoms with Crippen molar-refractivity contribution in [2.75, 3.05) is 19.8 Å². The average molecular weight is 219 g/mol. The van der Waals surface area contributed by atoms with Crippen LogP contribution in [-0.4, -0.2) is 19.8 Å². The van der Waals surface area contributed by atoms with Crippen molar-refractivity contribution in [2.45, 2.75) is 13.3 Å². The fourth-order valence-corrected chi connectivity index (χ4v) is 1.78. The zero-order valence-electron chi connectivity index (χ0n) is 9.53. The molecule has 2 rings (SSSR count). The molecule has 0 aromatic heterocycles. The largest absolute Gasteiger partial charge is 0.490 e. The summed E-state index contributed by atoms with van der Waals surface area (Å²) in [5, 5.41) is 0. The van der Waals surface area contributed by atoms with Gasteiger partial charge in [-0.05, 0) is 30.2 Å². The second kappa shape index (κ2) is 5.03. The third-order valence-electron chi connectivity index (χ3n) is 2.50. The summed E-state index contributed by atoms with van der Waals surface area (Å²) < 4.78 is 11.3. The molecule has 0 spiro atoms. The minimum Gasteiger partial charge on any atom is -0.490 e. The third kappa shape index (κ3) is 2.36. The molecule has 0 aliphatic carbocycles. The molecular weight excluding hydrogens is 202 g/mol. The van der Waals surface area contributed by atoms with Gasteiger partial charge in [-0.1, -0.05) is 12.2 Å². The zero-order valence-corrected chi connectivity index (χ0v) is 9.53. The van der Waals surface area contributed by atoms with Gasteiger partial charge in [0.1, 0.15) is 0 Å². The molecule has 2 N–H and O–H groups in total. The third-order valence-corrected chi connectivity index (χ3v) is 2.50. The summed E-state index contributed by atoms with van der Waals surface area (Å²) in [5.41, 5.74) is 7.65. The van der Waals surface area contributed by atoms with Crippen LogP contribution in [0.15, 0.2) is 18.2 Å². The molecule has 86 valence electrons. The number of hydrogen-bond acceptors (Lipinski definition) is 3. The van der Waals surface area contributed by atoms with Crippen molar-refractivity contribution in [3.63, 3.8) is 0 Å². The summed E-state index contributed by atoms with van der Waals surface area (Å²) in [4.78, 5) is 0. The maximum atomic E-state index is 5.66. The molecule has 3 heteroatoms. The van der Waals surface area contributed by atoms with Gasteiger partial charge in [0.15, 0.2) is 11.5 Å². The molecule has 0 amide bonds. The molecule has 16 heavy (non-hydrogen) atoms. The lowest BCUT2D eigenvalue weighted by molar-refractivity contribution is 0.296. The molecule has 0 radical (unpaired) electrons. The molecule has 0 atom stereocenters. The number of rotatable bonds is 2. The van der Waals surface area contributed by atoms with Gasteiger partial charge < -0.3 is 15.2 Å². The molecular formula is C13H17NO2. The van der Waals surface area contributed by atoms with Crippen molar-refractivity contribution in [1.29, 1.82) is 0 Å². The average Bonchev–Trinajstić information content (AvgIpc) is 2.51. The van der Waals surface area contributed by atoms with E-state index in [1.165, 1.54) is 0 Å². The van der Waals surface area contributed by atoms with E-state index in [0.29, 0.717) is 6.54 Å². The Bertz CT molecular complexity index is 399. The van der Waals surface area contributed by atoms with Crippen molar-refractivity contribution < 1.29 is 9.47 Å². The van der Waals surface area contributed by atoms with Gasteiger partial charge in [-0.15, -0.1) is 0 Å². The summed E-state index contributed by atoms with van der Waals surface area (Å²) in [6.07, 6.45) is 4.86. The van der Waals surface area contributed by atoms with Gasteiger partial charge in [0, 0.05) is 13.0 Å². The van der Waals surface area contributed by atoms with E-state index in [0.717, 1.165) is 42.3 Å². The van der Waals surface area contributed by atoms with Crippen LogP contribution >= 0.6 is 0 Å². The van der Waals surface area contributed by atoms with Crippen LogP contribution in [0.25, 0.3) is 6.08 Å². The molecule has 1 aliphatic rings. The van der Waals surface area contributed by atoms with Gasteiger partial charge in [-0.25, -0.2) is 0 Å². The Morgan fingerprint density at radius 1 is 1.31 bits per heavy atom. The van der Waals surface area contributed by atoms with Crippen LogP contribution in [0.2, 0.25) is 0 Å². The van der Waals surface area contributed by atoms with E-state index in [9.17, 15) is 0 Å². The van der Waals surface area contributed by atoms with E-state index < -0.39 is 0 Å². The van der Waals surface area contributed by atoms with E-state index >= 15 is 0 Å². The zero-order chi connectivity index (χ0) is 11.4. The van der Waals surface area contributed by atoms with Gasteiger partial charge >= 0.3 is 0 Å². The molecule has 0 saturated heterocycles. The van der Waals surface area contributed by atoms with Crippen molar-refractivity contribution in [2.24, 2.45) is 5.73 Å². The second-order valence-corrected chi connectivity index (χ2v) is 3.85. The molecule has 0 saturated carbocycles. The van der Waals surface area contributed by atoms with Crippen molar-refractivity contribution in [1.82, 2.24) is 0 Å². The first kappa shape index (κ1) is 11.0. The molecule has 1 aromatic rings. The maximum Gasteiger partial charge on any atom is 0.164 e. The predicted molar refractivity (Wildman–Crippen MR) is 64.9 cm³/mol. The van der Waals surface area contributed by atoms with Crippen LogP contribution in [0.5, 0.6) is 11.5 Å². The van der Waals surface area contributed by atoms with E-state index in [1.54, 1.807) is 0 Å². The van der Waals surface area contributed by atoms with E-state index in [2.05, 4.69) is 6.07 Å². The van der Waals surface area contributed by atoms with Crippen molar-refractivity contribution in [3.05, 3.63) is 29.3 Å². The molecule has 0 unspecified atom stereocenters. The Morgan fingerprint density at radius 3 is 2.94 bits per heavy atom. The van der Waals surface area contributed by atoms with Gasteiger partial charge in [0.05, 0.1) is 13.2 Å². The highest BCUT2D eigenvalue weighted by molar-refractivity contribution is 5.59. The molecule has 1 aromatic carbocycles. The monoisotopic (exact) mass is 219 g/mol. The Morgan fingerprint density at radius 2 is 2.12 bits per heavy atom. The highest BCUT2D eigenvalue weighted by Crippen LogP contribution is 2.34. The second-order valence-electron chi connectivity index (χ2n) is 3.85. The van der Waals surface area contributed by atoms with Crippen LogP contribution in [0.3, 0.4) is 0 Å². The van der Waals surface area contributed by atoms with Crippen LogP contribution < -0.4 is 15.2 Å². The summed E-state index contributed by atoms with van der Waals surface area (Å²) in [6.45, 7) is 4.03. The Labute approximate surface area is 95.9 Å². The number of aryl methyl sites for hydroxylation is 1. The van der Waals surface area contributed by atoms with Gasteiger partial charge in [0.2, 0.25) is 0 Å². The first-order valence-corrected chi connectivity index (χ1v) is 5.58. The highest BCUT2D eigenvalue weighted by Gasteiger charge is 2.13. The van der Waals surface area contributed by atoms with Crippen LogP contribution in [0, 0.1) is 6.92 Å². The quantitative estimate of drug-likeness (QED) is 0.828. The number of ether oxygens (including phenoxy) is 2. The highest BCUT2D eigenvalue weighted by atomic mass is 16.5. The fourth-order valence-electron chi connectivity index (χ4n) is 1.78. The first-order chi connectivity index (χ1) is 7.81. The lowest BCUT2D eigenvalue weighted by Gasteiger charge is -2.11. The number of benzene rings is 1. The summed E-state index contributed by atoms with van der Waals surface area (Å²) >= 11 is 0. The Hall–Kier alpha value is -1.48. The molecule has 0 bridgehead atoms. The Kier molecular flexibility index (Phi) is 3.47. The van der Waals surface area contributed by atoms with E-state index in [-0.39, 0.29) is 0 Å². The number of nitrogens with two attached hydrogens (primary N) is 1. The maximum absolute atomic E-state index is 5.66. The minimum absolute atomic E-state index is 0.549. The summed E-state index contributed by atoms with van der Waals surface area (Å²) in [7, 11) is 0. The van der Waals surface area contributed by atoms with Crippen molar-refractivity contribution >= 4 is 6.08 Å². The lowest BCUT2D eigenvalue weighted by Crippen LogP contribution is -1.97. The smallest absolute Gasteiger partial charge is 0.164 e. The normalized spacial score (nSPS) is 15.1. The summed E-state index contributed by atoms with van der Waals surface area (Å²) in [5.74, 6) is 1.72. The molecule has 3 nitrogen and oxygen atoms in total. The fraction of sp³-hybridized carbons (Fsp3) is 0.385. The number of hydrogen-bond donors (Lipinski definition) is 1. The van der Waals surface area contributed by atoms with E-state index in [1.807, 2.05) is 25.1 Å². The van der Waals surface area contributed by atoms with Gasteiger partial charge in [-0.2, -0.15) is 0 Å². The van der Waals surface area contributed by atoms with Crippen LogP contribution in [0.1, 0.15) is 17.5 Å². The van der Waals surface area contributed by atoms with Gasteiger partial charge in [-0.3, -0.25) is 0 Å². The van der Waals surface area contributed by atoms with Crippen LogP contribution in [-0.2, 0) is 0 Å². The Balaban J connectivity index is 2.35. The predicted octanol–water partition coefficient (Wildman–Crippen LogP) is 2.13. The van der Waals surface area contributed by atoms with E-state index in [4.69, 9.17) is 15.2 Å². The molecule has 0 fully saturated rings. The SMILES string of the molecule is Cc1cc(/C=C/CN)cc2c1OCCCO2. The summed E-state index contributed by atoms with van der Waals surface area (Å²) in [6, 6.07) is 4.08. The first-order valence-electron chi connectivity index (χ1n) is 5.58. The molecule has 1 aliphatic heterocycles. The standard InChI is InChI=1S/C13H17NO2/c1-10-8-11(4-2-5-14)9-12-13(10)16-7-3-6-15-12/h2,4,8-9H,3,5-7,14H2,1H3/b4-2+. The van der Waals surface area contributed by atoms with Crippen molar-refractivity contribution in [3.8, 4) is 11.5 Å². The van der Waals surface area contributed by atoms with Crippen LogP contribution in [0.4, 0.5) is 0 Å². The minimum atomic E-state index is 0.549. The lowest BCUT2D eigenvalue weighted by atomic mass is 10.1.